The number of benzene rings is 1. The predicted molar refractivity (Wildman–Crippen MR) is 63.9 cm³/mol. The summed E-state index contributed by atoms with van der Waals surface area (Å²) in [5.74, 6) is -0.561. The molecule has 2 atom stereocenters. The van der Waals surface area contributed by atoms with E-state index in [1.165, 1.54) is 0 Å². The lowest BCUT2D eigenvalue weighted by Gasteiger charge is -2.37. The van der Waals surface area contributed by atoms with Crippen molar-refractivity contribution in [2.75, 3.05) is 7.05 Å². The monoisotopic (exact) mass is 232 g/mol. The van der Waals surface area contributed by atoms with E-state index in [0.29, 0.717) is 12.8 Å². The fraction of sp³-hybridized carbons (Fsp3) is 0.385. The molecule has 0 aromatic heterocycles. The first-order chi connectivity index (χ1) is 8.11. The Labute approximate surface area is 100 Å². The Balaban J connectivity index is 2.37. The number of nitrogens with two attached hydrogens (primary N) is 1. The molecule has 90 valence electrons. The molecule has 0 radical (unpaired) electrons. The van der Waals surface area contributed by atoms with Crippen LogP contribution in [-0.2, 0) is 9.59 Å². The standard InChI is InChI=1S/C13H16N2O2/c1-15-11(16)8-7-10(13(14)17)12(15)9-5-3-2-4-6-9/h2-6,10,12H,7-8H2,1H3,(H2,14,17)/t10-,12-/m0/s1. The summed E-state index contributed by atoms with van der Waals surface area (Å²) >= 11 is 0. The van der Waals surface area contributed by atoms with Gasteiger partial charge in [0.25, 0.3) is 0 Å². The average molecular weight is 232 g/mol. The summed E-state index contributed by atoms with van der Waals surface area (Å²) in [6.45, 7) is 0. The van der Waals surface area contributed by atoms with Crippen LogP contribution in [0.4, 0.5) is 0 Å². The van der Waals surface area contributed by atoms with E-state index in [1.807, 2.05) is 30.3 Å². The van der Waals surface area contributed by atoms with Crippen LogP contribution in [0.25, 0.3) is 0 Å². The summed E-state index contributed by atoms with van der Waals surface area (Å²) in [6.07, 6.45) is 0.936. The second kappa shape index (κ2) is 4.57. The third kappa shape index (κ3) is 2.16. The molecule has 4 heteroatoms. The van der Waals surface area contributed by atoms with Gasteiger partial charge in [-0.05, 0) is 12.0 Å². The summed E-state index contributed by atoms with van der Waals surface area (Å²) in [5, 5.41) is 0. The Morgan fingerprint density at radius 1 is 1.35 bits per heavy atom. The second-order valence-electron chi connectivity index (χ2n) is 4.41. The van der Waals surface area contributed by atoms with Crippen LogP contribution in [0.2, 0.25) is 0 Å². The maximum Gasteiger partial charge on any atom is 0.222 e. The lowest BCUT2D eigenvalue weighted by molar-refractivity contribution is -0.140. The number of carbonyl (C=O) groups is 2. The van der Waals surface area contributed by atoms with Gasteiger partial charge >= 0.3 is 0 Å². The third-order valence-electron chi connectivity index (χ3n) is 3.37. The molecule has 1 aromatic rings. The first-order valence-electron chi connectivity index (χ1n) is 5.71. The number of nitrogens with zero attached hydrogens (tertiary/aromatic N) is 1. The van der Waals surface area contributed by atoms with Crippen molar-refractivity contribution in [3.8, 4) is 0 Å². The summed E-state index contributed by atoms with van der Waals surface area (Å²) in [6, 6.07) is 9.34. The highest BCUT2D eigenvalue weighted by atomic mass is 16.2. The van der Waals surface area contributed by atoms with E-state index >= 15 is 0 Å². The molecule has 17 heavy (non-hydrogen) atoms. The minimum Gasteiger partial charge on any atom is -0.369 e. The van der Waals surface area contributed by atoms with Gasteiger partial charge in [0.2, 0.25) is 11.8 Å². The maximum absolute atomic E-state index is 11.7. The maximum atomic E-state index is 11.7. The first-order valence-corrected chi connectivity index (χ1v) is 5.71. The van der Waals surface area contributed by atoms with E-state index in [-0.39, 0.29) is 23.8 Å². The smallest absolute Gasteiger partial charge is 0.222 e. The summed E-state index contributed by atoms with van der Waals surface area (Å²) in [4.78, 5) is 24.8. The van der Waals surface area contributed by atoms with Crippen molar-refractivity contribution in [2.45, 2.75) is 18.9 Å². The van der Waals surface area contributed by atoms with E-state index in [0.717, 1.165) is 5.56 Å². The summed E-state index contributed by atoms with van der Waals surface area (Å²) < 4.78 is 0. The van der Waals surface area contributed by atoms with Crippen molar-refractivity contribution in [2.24, 2.45) is 11.7 Å². The molecule has 1 fully saturated rings. The quantitative estimate of drug-likeness (QED) is 0.829. The normalized spacial score (nSPS) is 24.8. The van der Waals surface area contributed by atoms with Crippen molar-refractivity contribution >= 4 is 11.8 Å². The minimum absolute atomic E-state index is 0.0661. The van der Waals surface area contributed by atoms with Gasteiger partial charge < -0.3 is 10.6 Å². The van der Waals surface area contributed by atoms with Crippen LogP contribution in [0.5, 0.6) is 0 Å². The number of amides is 2. The molecule has 2 rings (SSSR count). The number of hydrogen-bond acceptors (Lipinski definition) is 2. The summed E-state index contributed by atoms with van der Waals surface area (Å²) in [5.41, 5.74) is 6.39. The first kappa shape index (κ1) is 11.6. The fourth-order valence-corrected chi connectivity index (χ4v) is 2.44. The van der Waals surface area contributed by atoms with E-state index in [2.05, 4.69) is 0 Å². The van der Waals surface area contributed by atoms with Gasteiger partial charge in [-0.3, -0.25) is 9.59 Å². The number of piperidine rings is 1. The zero-order valence-corrected chi connectivity index (χ0v) is 9.80. The van der Waals surface area contributed by atoms with Gasteiger partial charge in [0.15, 0.2) is 0 Å². The van der Waals surface area contributed by atoms with Gasteiger partial charge in [0.05, 0.1) is 12.0 Å². The van der Waals surface area contributed by atoms with Crippen molar-refractivity contribution in [3.05, 3.63) is 35.9 Å². The SMILES string of the molecule is CN1C(=O)CC[C@H](C(N)=O)[C@@H]1c1ccccc1. The number of primary amides is 1. The van der Waals surface area contributed by atoms with Crippen molar-refractivity contribution < 1.29 is 9.59 Å². The molecule has 2 amide bonds. The van der Waals surface area contributed by atoms with Gasteiger partial charge in [-0.25, -0.2) is 0 Å². The molecule has 0 aliphatic carbocycles. The van der Waals surface area contributed by atoms with E-state index in [9.17, 15) is 9.59 Å². The lowest BCUT2D eigenvalue weighted by Crippen LogP contribution is -2.44. The number of likely N-dealkylation sites (tertiary alicyclic amines) is 1. The Kier molecular flexibility index (Phi) is 3.13. The van der Waals surface area contributed by atoms with Crippen LogP contribution in [0.3, 0.4) is 0 Å². The molecular weight excluding hydrogens is 216 g/mol. The highest BCUT2D eigenvalue weighted by Crippen LogP contribution is 2.35. The molecule has 4 nitrogen and oxygen atoms in total. The predicted octanol–water partition coefficient (Wildman–Crippen LogP) is 1.08. The molecule has 2 N–H and O–H groups in total. The molecule has 0 saturated carbocycles. The largest absolute Gasteiger partial charge is 0.369 e. The Hall–Kier alpha value is -1.84. The Bertz CT molecular complexity index is 430. The number of rotatable bonds is 2. The Morgan fingerprint density at radius 2 is 2.00 bits per heavy atom. The van der Waals surface area contributed by atoms with Gasteiger partial charge in [0, 0.05) is 13.5 Å². The second-order valence-corrected chi connectivity index (χ2v) is 4.41. The lowest BCUT2D eigenvalue weighted by atomic mass is 9.84. The van der Waals surface area contributed by atoms with E-state index in [1.54, 1.807) is 11.9 Å². The van der Waals surface area contributed by atoms with Crippen LogP contribution in [0.1, 0.15) is 24.4 Å². The van der Waals surface area contributed by atoms with Gasteiger partial charge in [-0.15, -0.1) is 0 Å². The van der Waals surface area contributed by atoms with Crippen molar-refractivity contribution in [3.63, 3.8) is 0 Å². The molecule has 1 aliphatic rings. The van der Waals surface area contributed by atoms with Crippen LogP contribution in [0, 0.1) is 5.92 Å². The van der Waals surface area contributed by atoms with Gasteiger partial charge in [0.1, 0.15) is 0 Å². The number of hydrogen-bond donors (Lipinski definition) is 1. The van der Waals surface area contributed by atoms with Crippen LogP contribution >= 0.6 is 0 Å². The molecule has 1 heterocycles. The zero-order valence-electron chi connectivity index (χ0n) is 9.80. The van der Waals surface area contributed by atoms with Crippen LogP contribution < -0.4 is 5.73 Å². The zero-order chi connectivity index (χ0) is 12.4. The molecule has 1 aliphatic heterocycles. The van der Waals surface area contributed by atoms with Crippen LogP contribution in [-0.4, -0.2) is 23.8 Å². The highest BCUT2D eigenvalue weighted by molar-refractivity contribution is 5.83. The van der Waals surface area contributed by atoms with Gasteiger partial charge in [-0.1, -0.05) is 30.3 Å². The van der Waals surface area contributed by atoms with E-state index in [4.69, 9.17) is 5.73 Å². The van der Waals surface area contributed by atoms with E-state index < -0.39 is 0 Å². The van der Waals surface area contributed by atoms with Crippen LogP contribution in [0.15, 0.2) is 30.3 Å². The average Bonchev–Trinajstić information content (AvgIpc) is 2.33. The third-order valence-corrected chi connectivity index (χ3v) is 3.37. The summed E-state index contributed by atoms with van der Waals surface area (Å²) in [7, 11) is 1.73. The highest BCUT2D eigenvalue weighted by Gasteiger charge is 2.37. The molecule has 0 spiro atoms. The molecule has 1 saturated heterocycles. The van der Waals surface area contributed by atoms with Crippen molar-refractivity contribution in [1.82, 2.24) is 4.90 Å². The molecule has 1 aromatic carbocycles. The molecule has 0 unspecified atom stereocenters. The van der Waals surface area contributed by atoms with Crippen molar-refractivity contribution in [1.29, 1.82) is 0 Å². The molecular formula is C13H16N2O2. The minimum atomic E-state index is -0.335. The number of carbonyl (C=O) groups excluding carboxylic acids is 2. The fourth-order valence-electron chi connectivity index (χ4n) is 2.44. The molecule has 0 bridgehead atoms. The Morgan fingerprint density at radius 3 is 2.59 bits per heavy atom. The van der Waals surface area contributed by atoms with Gasteiger partial charge in [-0.2, -0.15) is 0 Å². The topological polar surface area (TPSA) is 63.4 Å².